The number of morpholine rings is 1. The maximum absolute atomic E-state index is 13.5. The fraction of sp³-hybridized carbons (Fsp3) is 0.348. The summed E-state index contributed by atoms with van der Waals surface area (Å²) in [6, 6.07) is 13.4. The summed E-state index contributed by atoms with van der Waals surface area (Å²) in [6.45, 7) is 4.87. The lowest BCUT2D eigenvalue weighted by Gasteiger charge is -2.28. The van der Waals surface area contributed by atoms with Crippen LogP contribution in [0.1, 0.15) is 11.1 Å². The van der Waals surface area contributed by atoms with Crippen molar-refractivity contribution in [2.24, 2.45) is 4.99 Å². The summed E-state index contributed by atoms with van der Waals surface area (Å²) in [6.07, 6.45) is 2.72. The molecule has 166 valence electrons. The third-order valence-electron chi connectivity index (χ3n) is 5.41. The number of aliphatic imine (C=N–C) groups is 1. The van der Waals surface area contributed by atoms with Gasteiger partial charge in [0, 0.05) is 56.0 Å². The average molecular weight is 537 g/mol. The molecular formula is C23H29FIN5O. The number of anilines is 1. The molecule has 0 unspecified atom stereocenters. The summed E-state index contributed by atoms with van der Waals surface area (Å²) in [5.41, 5.74) is 4.47. The predicted molar refractivity (Wildman–Crippen MR) is 135 cm³/mol. The van der Waals surface area contributed by atoms with E-state index in [1.54, 1.807) is 19.2 Å². The molecule has 8 heteroatoms. The van der Waals surface area contributed by atoms with Gasteiger partial charge in [-0.25, -0.2) is 4.39 Å². The SMILES string of the molecule is CN=C(NCCc1c[nH]c2ccc(F)cc12)NCc1ccc(N2CCOCC2)cc1.I. The van der Waals surface area contributed by atoms with Crippen LogP contribution >= 0.6 is 24.0 Å². The Bertz CT molecular complexity index is 999. The van der Waals surface area contributed by atoms with Gasteiger partial charge in [0.1, 0.15) is 5.82 Å². The first-order valence-electron chi connectivity index (χ1n) is 10.3. The highest BCUT2D eigenvalue weighted by Crippen LogP contribution is 2.19. The molecule has 1 aliphatic rings. The van der Waals surface area contributed by atoms with Crippen LogP contribution in [0.3, 0.4) is 0 Å². The molecule has 0 amide bonds. The zero-order chi connectivity index (χ0) is 20.8. The molecule has 2 aromatic carbocycles. The Morgan fingerprint density at radius 2 is 1.90 bits per heavy atom. The number of fused-ring (bicyclic) bond motifs is 1. The minimum Gasteiger partial charge on any atom is -0.378 e. The number of rotatable bonds is 6. The minimum atomic E-state index is -0.214. The van der Waals surface area contributed by atoms with Crippen LogP contribution in [-0.2, 0) is 17.7 Å². The number of aromatic nitrogens is 1. The summed E-state index contributed by atoms with van der Waals surface area (Å²) in [7, 11) is 1.76. The van der Waals surface area contributed by atoms with Gasteiger partial charge in [-0.05, 0) is 47.9 Å². The second-order valence-corrected chi connectivity index (χ2v) is 7.37. The second kappa shape index (κ2) is 11.3. The van der Waals surface area contributed by atoms with E-state index < -0.39 is 0 Å². The Hall–Kier alpha value is -2.33. The first-order valence-corrected chi connectivity index (χ1v) is 10.3. The van der Waals surface area contributed by atoms with Gasteiger partial charge in [-0.2, -0.15) is 0 Å². The molecule has 2 heterocycles. The van der Waals surface area contributed by atoms with Crippen LogP contribution in [-0.4, -0.2) is 50.8 Å². The van der Waals surface area contributed by atoms with Crippen molar-refractivity contribution < 1.29 is 9.13 Å². The highest BCUT2D eigenvalue weighted by atomic mass is 127. The zero-order valence-corrected chi connectivity index (χ0v) is 20.0. The molecule has 4 rings (SSSR count). The number of aromatic amines is 1. The van der Waals surface area contributed by atoms with E-state index >= 15 is 0 Å². The van der Waals surface area contributed by atoms with Gasteiger partial charge in [-0.1, -0.05) is 12.1 Å². The number of H-pyrrole nitrogens is 1. The van der Waals surface area contributed by atoms with E-state index in [2.05, 4.69) is 49.8 Å². The maximum atomic E-state index is 13.5. The number of ether oxygens (including phenoxy) is 1. The lowest BCUT2D eigenvalue weighted by Crippen LogP contribution is -2.38. The predicted octanol–water partition coefficient (Wildman–Crippen LogP) is 3.67. The zero-order valence-electron chi connectivity index (χ0n) is 17.7. The summed E-state index contributed by atoms with van der Waals surface area (Å²) in [4.78, 5) is 9.83. The van der Waals surface area contributed by atoms with E-state index in [0.717, 1.165) is 55.2 Å². The van der Waals surface area contributed by atoms with Gasteiger partial charge < -0.3 is 25.3 Å². The van der Waals surface area contributed by atoms with E-state index in [1.807, 2.05) is 6.20 Å². The van der Waals surface area contributed by atoms with Crippen molar-refractivity contribution in [3.63, 3.8) is 0 Å². The number of nitrogens with zero attached hydrogens (tertiary/aromatic N) is 2. The minimum absolute atomic E-state index is 0. The number of benzene rings is 2. The van der Waals surface area contributed by atoms with E-state index in [1.165, 1.54) is 17.3 Å². The molecule has 0 radical (unpaired) electrons. The molecule has 3 N–H and O–H groups in total. The van der Waals surface area contributed by atoms with E-state index in [4.69, 9.17) is 4.74 Å². The fourth-order valence-corrected chi connectivity index (χ4v) is 3.73. The molecule has 1 fully saturated rings. The summed E-state index contributed by atoms with van der Waals surface area (Å²) in [5.74, 6) is 0.534. The van der Waals surface area contributed by atoms with Gasteiger partial charge in [-0.3, -0.25) is 4.99 Å². The molecule has 31 heavy (non-hydrogen) atoms. The molecule has 0 saturated carbocycles. The highest BCUT2D eigenvalue weighted by molar-refractivity contribution is 14.0. The van der Waals surface area contributed by atoms with Gasteiger partial charge in [0.25, 0.3) is 0 Å². The van der Waals surface area contributed by atoms with Gasteiger partial charge in [0.05, 0.1) is 13.2 Å². The number of halogens is 2. The third kappa shape index (κ3) is 6.10. The van der Waals surface area contributed by atoms with Crippen molar-refractivity contribution in [3.8, 4) is 0 Å². The van der Waals surface area contributed by atoms with Crippen LogP contribution < -0.4 is 15.5 Å². The van der Waals surface area contributed by atoms with E-state index in [-0.39, 0.29) is 29.8 Å². The second-order valence-electron chi connectivity index (χ2n) is 7.37. The monoisotopic (exact) mass is 537 g/mol. The Balaban J connectivity index is 0.00000272. The number of nitrogens with one attached hydrogen (secondary N) is 3. The number of hydrogen-bond acceptors (Lipinski definition) is 3. The van der Waals surface area contributed by atoms with Crippen LogP contribution in [0, 0.1) is 5.82 Å². The Morgan fingerprint density at radius 3 is 2.65 bits per heavy atom. The Kier molecular flexibility index (Phi) is 8.53. The lowest BCUT2D eigenvalue weighted by molar-refractivity contribution is 0.122. The highest BCUT2D eigenvalue weighted by Gasteiger charge is 2.11. The first kappa shape index (κ1) is 23.3. The molecule has 0 bridgehead atoms. The van der Waals surface area contributed by atoms with Crippen molar-refractivity contribution in [1.82, 2.24) is 15.6 Å². The largest absolute Gasteiger partial charge is 0.378 e. The van der Waals surface area contributed by atoms with Crippen molar-refractivity contribution in [2.45, 2.75) is 13.0 Å². The maximum Gasteiger partial charge on any atom is 0.191 e. The van der Waals surface area contributed by atoms with E-state index in [9.17, 15) is 4.39 Å². The molecule has 0 aliphatic carbocycles. The molecular weight excluding hydrogens is 508 g/mol. The number of hydrogen-bond donors (Lipinski definition) is 3. The first-order chi connectivity index (χ1) is 14.7. The van der Waals surface area contributed by atoms with Crippen molar-refractivity contribution in [3.05, 3.63) is 65.6 Å². The topological polar surface area (TPSA) is 64.7 Å². The molecule has 1 aromatic heterocycles. The number of guanidine groups is 1. The van der Waals surface area contributed by atoms with Gasteiger partial charge in [0.15, 0.2) is 5.96 Å². The molecule has 6 nitrogen and oxygen atoms in total. The quantitative estimate of drug-likeness (QED) is 0.255. The molecule has 3 aromatic rings. The Morgan fingerprint density at radius 1 is 1.13 bits per heavy atom. The average Bonchev–Trinajstić information content (AvgIpc) is 3.19. The smallest absolute Gasteiger partial charge is 0.191 e. The molecule has 0 atom stereocenters. The van der Waals surface area contributed by atoms with E-state index in [0.29, 0.717) is 13.1 Å². The van der Waals surface area contributed by atoms with Crippen molar-refractivity contribution in [1.29, 1.82) is 0 Å². The Labute approximate surface area is 199 Å². The summed E-state index contributed by atoms with van der Waals surface area (Å²) < 4.78 is 18.9. The van der Waals surface area contributed by atoms with Gasteiger partial charge in [-0.15, -0.1) is 24.0 Å². The molecule has 1 saturated heterocycles. The molecule has 1 aliphatic heterocycles. The van der Waals surface area contributed by atoms with Gasteiger partial charge >= 0.3 is 0 Å². The molecule has 0 spiro atoms. The summed E-state index contributed by atoms with van der Waals surface area (Å²) in [5, 5.41) is 7.61. The van der Waals surface area contributed by atoms with Crippen LogP contribution in [0.2, 0.25) is 0 Å². The van der Waals surface area contributed by atoms with Crippen LogP contribution in [0.4, 0.5) is 10.1 Å². The normalized spacial score (nSPS) is 14.4. The van der Waals surface area contributed by atoms with Crippen LogP contribution in [0.15, 0.2) is 53.7 Å². The van der Waals surface area contributed by atoms with Crippen molar-refractivity contribution in [2.75, 3.05) is 44.8 Å². The standard InChI is InChI=1S/C23H28FN5O.HI/c1-25-23(26-9-8-18-16-27-22-7-4-19(24)14-21(18)22)28-15-17-2-5-20(6-3-17)29-10-12-30-13-11-29;/h2-7,14,16,27H,8-13,15H2,1H3,(H2,25,26,28);1H. The van der Waals surface area contributed by atoms with Crippen LogP contribution in [0.25, 0.3) is 10.9 Å². The summed E-state index contributed by atoms with van der Waals surface area (Å²) >= 11 is 0. The fourth-order valence-electron chi connectivity index (χ4n) is 3.73. The van der Waals surface area contributed by atoms with Crippen molar-refractivity contribution >= 4 is 46.5 Å². The van der Waals surface area contributed by atoms with Crippen LogP contribution in [0.5, 0.6) is 0 Å². The lowest BCUT2D eigenvalue weighted by atomic mass is 10.1. The third-order valence-corrected chi connectivity index (χ3v) is 5.41. The van der Waals surface area contributed by atoms with Gasteiger partial charge in [0.2, 0.25) is 0 Å².